The molecule has 3 heterocycles. The Morgan fingerprint density at radius 2 is 1.95 bits per heavy atom. The molecule has 3 aliphatic carbocycles. The normalized spacial score (nSPS) is 30.8. The van der Waals surface area contributed by atoms with Gasteiger partial charge >= 0.3 is 7.12 Å². The molecular weight excluding hydrogens is 507 g/mol. The van der Waals surface area contributed by atoms with Gasteiger partial charge in [0.2, 0.25) is 6.10 Å². The summed E-state index contributed by atoms with van der Waals surface area (Å²) < 4.78 is 13.2. The molecule has 1 saturated heterocycles. The molecule has 212 valence electrons. The van der Waals surface area contributed by atoms with Crippen molar-refractivity contribution in [3.05, 3.63) is 42.2 Å². The average molecular weight is 546 g/mol. The van der Waals surface area contributed by atoms with Gasteiger partial charge in [-0.05, 0) is 60.8 Å². The number of benzene rings is 1. The molecule has 4 fully saturated rings. The van der Waals surface area contributed by atoms with Gasteiger partial charge in [0.25, 0.3) is 11.8 Å². The Kier molecular flexibility index (Phi) is 6.90. The highest BCUT2D eigenvalue weighted by Crippen LogP contribution is 2.65. The van der Waals surface area contributed by atoms with Crippen molar-refractivity contribution in [3.63, 3.8) is 0 Å². The van der Waals surface area contributed by atoms with E-state index < -0.39 is 13.2 Å². The Hall–Kier alpha value is -2.98. The number of carbonyl (C=O) groups excluding carboxylic acids is 2. The number of amides is 2. The molecule has 2 bridgehead atoms. The van der Waals surface area contributed by atoms with Crippen molar-refractivity contribution >= 4 is 35.4 Å². The molecule has 7 rings (SSSR count). The molecule has 2 amide bonds. The maximum absolute atomic E-state index is 13.3. The van der Waals surface area contributed by atoms with Crippen molar-refractivity contribution in [2.24, 2.45) is 28.3 Å². The molecule has 1 unspecified atom stereocenters. The van der Waals surface area contributed by atoms with Crippen LogP contribution in [0.15, 0.2) is 41.7 Å². The summed E-state index contributed by atoms with van der Waals surface area (Å²) in [6.45, 7) is 11.3. The summed E-state index contributed by atoms with van der Waals surface area (Å²) in [5.41, 5.74) is 0.878. The number of pyridine rings is 1. The van der Waals surface area contributed by atoms with Crippen molar-refractivity contribution in [1.29, 1.82) is 0 Å². The van der Waals surface area contributed by atoms with Crippen LogP contribution in [0.5, 0.6) is 0 Å². The first-order valence-electron chi connectivity index (χ1n) is 14.5. The number of rotatable bonds is 8. The molecule has 0 radical (unpaired) electrons. The summed E-state index contributed by atoms with van der Waals surface area (Å²) >= 11 is 0. The van der Waals surface area contributed by atoms with Gasteiger partial charge in [0, 0.05) is 18.0 Å². The molecule has 3 saturated carbocycles. The first-order chi connectivity index (χ1) is 19.1. The Labute approximate surface area is 235 Å². The quantitative estimate of drug-likeness (QED) is 0.486. The minimum Gasteiger partial charge on any atom is -0.404 e. The number of carbonyl (C=O) groups is 2. The third kappa shape index (κ3) is 4.69. The third-order valence-electron chi connectivity index (χ3n) is 9.71. The summed E-state index contributed by atoms with van der Waals surface area (Å²) in [4.78, 5) is 35.9. The summed E-state index contributed by atoms with van der Waals surface area (Å²) in [5.74, 6) is 0.625. The van der Waals surface area contributed by atoms with Crippen LogP contribution in [0.4, 0.5) is 0 Å². The SMILES string of the molecule is CC(C)C[C@H](NC(=O)C1CC(CNC(=O)c2nccc3ccccc23)=NO1)B1O[C@@H]2C[C@@H]3C[C@@H](C3(C)C)[C@]2(C)O1. The summed E-state index contributed by atoms with van der Waals surface area (Å²) in [7, 11) is -0.495. The van der Waals surface area contributed by atoms with Gasteiger partial charge < -0.3 is 24.8 Å². The second-order valence-corrected chi connectivity index (χ2v) is 13.1. The predicted octanol–water partition coefficient (Wildman–Crippen LogP) is 3.91. The van der Waals surface area contributed by atoms with Crippen LogP contribution in [0, 0.1) is 23.2 Å². The number of nitrogens with one attached hydrogen (secondary N) is 2. The van der Waals surface area contributed by atoms with Crippen LogP contribution < -0.4 is 10.6 Å². The standard InChI is InChI=1S/C30H39BN4O5/c1-17(2)12-25(31-38-24-14-19-13-23(29(19,3)4)30(24,5)40-31)34-27(36)22-15-20(35-39-22)16-33-28(37)26-21-9-7-6-8-18(21)10-11-32-26/h6-11,17,19,22-25H,12-16H2,1-5H3,(H,33,37)(H,34,36)/t19-,22?,23-,24+,25-,30-/m0/s1. The number of oxime groups is 1. The topological polar surface area (TPSA) is 111 Å². The zero-order valence-electron chi connectivity index (χ0n) is 24.0. The smallest absolute Gasteiger partial charge is 0.404 e. The van der Waals surface area contributed by atoms with Crippen LogP contribution in [0.1, 0.15) is 70.8 Å². The van der Waals surface area contributed by atoms with Crippen LogP contribution in [0.2, 0.25) is 0 Å². The molecule has 1 aromatic heterocycles. The lowest BCUT2D eigenvalue weighted by atomic mass is 9.43. The van der Waals surface area contributed by atoms with Gasteiger partial charge in [-0.15, -0.1) is 0 Å². The van der Waals surface area contributed by atoms with Gasteiger partial charge in [0.05, 0.1) is 29.9 Å². The van der Waals surface area contributed by atoms with E-state index in [9.17, 15) is 9.59 Å². The second kappa shape index (κ2) is 10.1. The van der Waals surface area contributed by atoms with E-state index in [0.29, 0.717) is 35.6 Å². The van der Waals surface area contributed by atoms with Gasteiger partial charge in [0.1, 0.15) is 5.69 Å². The molecule has 5 aliphatic rings. The van der Waals surface area contributed by atoms with Crippen LogP contribution in [-0.2, 0) is 18.9 Å². The maximum atomic E-state index is 13.3. The van der Waals surface area contributed by atoms with Gasteiger partial charge in [-0.1, -0.05) is 57.1 Å². The van der Waals surface area contributed by atoms with Crippen LogP contribution in [-0.4, -0.2) is 59.9 Å². The molecule has 1 aromatic carbocycles. The van der Waals surface area contributed by atoms with Crippen molar-refractivity contribution in [2.45, 2.75) is 84.1 Å². The fraction of sp³-hybridized carbons (Fsp3) is 0.600. The Balaban J connectivity index is 1.05. The van der Waals surface area contributed by atoms with E-state index >= 15 is 0 Å². The largest absolute Gasteiger partial charge is 0.481 e. The minimum absolute atomic E-state index is 0.0540. The number of nitrogens with zero attached hydrogens (tertiary/aromatic N) is 2. The molecule has 40 heavy (non-hydrogen) atoms. The predicted molar refractivity (Wildman–Crippen MR) is 152 cm³/mol. The van der Waals surface area contributed by atoms with Gasteiger partial charge in [0.15, 0.2) is 0 Å². The van der Waals surface area contributed by atoms with Crippen molar-refractivity contribution in [3.8, 4) is 0 Å². The lowest BCUT2D eigenvalue weighted by Crippen LogP contribution is -2.65. The summed E-state index contributed by atoms with van der Waals surface area (Å²) in [5, 5.41) is 11.8. The van der Waals surface area contributed by atoms with E-state index in [-0.39, 0.29) is 41.4 Å². The monoisotopic (exact) mass is 546 g/mol. The van der Waals surface area contributed by atoms with E-state index in [1.807, 2.05) is 30.3 Å². The van der Waals surface area contributed by atoms with E-state index in [0.717, 1.165) is 23.6 Å². The average Bonchev–Trinajstić information content (AvgIpc) is 3.54. The zero-order chi connectivity index (χ0) is 28.2. The molecule has 10 heteroatoms. The van der Waals surface area contributed by atoms with E-state index in [1.54, 1.807) is 6.20 Å². The fourth-order valence-electron chi connectivity index (χ4n) is 7.33. The second-order valence-electron chi connectivity index (χ2n) is 13.1. The molecule has 9 nitrogen and oxygen atoms in total. The van der Waals surface area contributed by atoms with Crippen molar-refractivity contribution in [1.82, 2.24) is 15.6 Å². The third-order valence-corrected chi connectivity index (χ3v) is 9.71. The van der Waals surface area contributed by atoms with E-state index in [1.165, 1.54) is 6.42 Å². The summed E-state index contributed by atoms with van der Waals surface area (Å²) in [6.07, 6.45) is 4.13. The fourth-order valence-corrected chi connectivity index (χ4v) is 7.33. The molecule has 2 N–H and O–H groups in total. The molecule has 0 spiro atoms. The van der Waals surface area contributed by atoms with Gasteiger partial charge in [-0.2, -0.15) is 0 Å². The van der Waals surface area contributed by atoms with Crippen molar-refractivity contribution in [2.75, 3.05) is 6.54 Å². The Morgan fingerprint density at radius 1 is 1.15 bits per heavy atom. The number of hydrogen-bond acceptors (Lipinski definition) is 7. The van der Waals surface area contributed by atoms with Crippen LogP contribution in [0.3, 0.4) is 0 Å². The highest BCUT2D eigenvalue weighted by atomic mass is 16.7. The van der Waals surface area contributed by atoms with E-state index in [2.05, 4.69) is 55.4 Å². The first kappa shape index (κ1) is 27.2. The van der Waals surface area contributed by atoms with Crippen LogP contribution in [0.25, 0.3) is 10.8 Å². The van der Waals surface area contributed by atoms with E-state index in [4.69, 9.17) is 14.1 Å². The first-order valence-corrected chi connectivity index (χ1v) is 14.5. The molecule has 2 aromatic rings. The lowest BCUT2D eigenvalue weighted by Gasteiger charge is -2.64. The Bertz CT molecular complexity index is 1340. The van der Waals surface area contributed by atoms with Crippen LogP contribution >= 0.6 is 0 Å². The molecule has 6 atom stereocenters. The Morgan fingerprint density at radius 3 is 2.73 bits per heavy atom. The maximum Gasteiger partial charge on any atom is 0.481 e. The van der Waals surface area contributed by atoms with Crippen molar-refractivity contribution < 1.29 is 23.7 Å². The zero-order valence-corrected chi connectivity index (χ0v) is 24.0. The van der Waals surface area contributed by atoms with Gasteiger partial charge in [-0.25, -0.2) is 0 Å². The highest BCUT2D eigenvalue weighted by Gasteiger charge is 2.68. The number of hydrogen-bond donors (Lipinski definition) is 2. The molecular formula is C30H39BN4O5. The minimum atomic E-state index is -0.761. The number of aromatic nitrogens is 1. The summed E-state index contributed by atoms with van der Waals surface area (Å²) in [6, 6.07) is 9.49. The number of fused-ring (bicyclic) bond motifs is 1. The van der Waals surface area contributed by atoms with Gasteiger partial charge in [-0.3, -0.25) is 14.6 Å². The highest BCUT2D eigenvalue weighted by molar-refractivity contribution is 6.48. The lowest BCUT2D eigenvalue weighted by molar-refractivity contribution is -0.199. The molecule has 2 aliphatic heterocycles.